The number of hydrogen-bond acceptors (Lipinski definition) is 4. The Labute approximate surface area is 130 Å². The molecule has 0 saturated carbocycles. The monoisotopic (exact) mass is 302 g/mol. The third-order valence-corrected chi connectivity index (χ3v) is 3.38. The first-order valence-corrected chi connectivity index (χ1v) is 7.39. The maximum absolute atomic E-state index is 12.1. The molecule has 0 fully saturated rings. The van der Waals surface area contributed by atoms with Crippen molar-refractivity contribution in [3.63, 3.8) is 0 Å². The fourth-order valence-corrected chi connectivity index (χ4v) is 2.30. The maximum Gasteiger partial charge on any atom is 0.234 e. The first-order chi connectivity index (χ1) is 10.7. The number of benzene rings is 1. The second kappa shape index (κ2) is 8.36. The Morgan fingerprint density at radius 2 is 2.05 bits per heavy atom. The number of aliphatic hydroxyl groups excluding tert-OH is 1. The number of nitrogens with zero attached hydrogens (tertiary/aromatic N) is 1. The molecule has 5 nitrogen and oxygen atoms in total. The van der Waals surface area contributed by atoms with Crippen LogP contribution in [0, 0.1) is 0 Å². The molecule has 5 heteroatoms. The van der Waals surface area contributed by atoms with Crippen molar-refractivity contribution >= 4 is 5.91 Å². The van der Waals surface area contributed by atoms with Crippen LogP contribution in [0.15, 0.2) is 53.1 Å². The van der Waals surface area contributed by atoms with Crippen LogP contribution < -0.4 is 5.32 Å². The van der Waals surface area contributed by atoms with E-state index in [2.05, 4.69) is 5.32 Å². The molecule has 0 spiro atoms. The predicted molar refractivity (Wildman–Crippen MR) is 84.1 cm³/mol. The summed E-state index contributed by atoms with van der Waals surface area (Å²) in [6, 6.07) is 13.4. The Bertz CT molecular complexity index is 555. The topological polar surface area (TPSA) is 65.7 Å². The molecule has 1 aromatic heterocycles. The summed E-state index contributed by atoms with van der Waals surface area (Å²) in [4.78, 5) is 14.1. The molecule has 1 aromatic carbocycles. The molecule has 2 aromatic rings. The van der Waals surface area contributed by atoms with E-state index < -0.39 is 0 Å². The molecular weight excluding hydrogens is 280 g/mol. The molecular formula is C17H22N2O3. The highest BCUT2D eigenvalue weighted by Crippen LogP contribution is 2.12. The van der Waals surface area contributed by atoms with Gasteiger partial charge in [-0.1, -0.05) is 30.3 Å². The summed E-state index contributed by atoms with van der Waals surface area (Å²) < 4.78 is 5.28. The highest BCUT2D eigenvalue weighted by atomic mass is 16.3. The molecule has 1 amide bonds. The molecule has 1 unspecified atom stereocenters. The molecule has 0 radical (unpaired) electrons. The molecule has 1 atom stereocenters. The van der Waals surface area contributed by atoms with Crippen molar-refractivity contribution in [2.75, 3.05) is 19.7 Å². The number of aliphatic hydroxyl groups is 1. The smallest absolute Gasteiger partial charge is 0.234 e. The minimum Gasteiger partial charge on any atom is -0.467 e. The van der Waals surface area contributed by atoms with Gasteiger partial charge in [0.15, 0.2) is 0 Å². The van der Waals surface area contributed by atoms with E-state index in [0.29, 0.717) is 13.1 Å². The van der Waals surface area contributed by atoms with Gasteiger partial charge in [-0.15, -0.1) is 0 Å². The van der Waals surface area contributed by atoms with E-state index in [4.69, 9.17) is 4.42 Å². The van der Waals surface area contributed by atoms with Gasteiger partial charge in [0.25, 0.3) is 0 Å². The van der Waals surface area contributed by atoms with Gasteiger partial charge in [0.1, 0.15) is 5.76 Å². The number of hydrogen-bond donors (Lipinski definition) is 2. The quantitative estimate of drug-likeness (QED) is 0.782. The van der Waals surface area contributed by atoms with Gasteiger partial charge < -0.3 is 14.8 Å². The molecule has 0 bridgehead atoms. The zero-order valence-electron chi connectivity index (χ0n) is 12.7. The Morgan fingerprint density at radius 1 is 1.27 bits per heavy atom. The summed E-state index contributed by atoms with van der Waals surface area (Å²) in [5, 5.41) is 12.1. The van der Waals surface area contributed by atoms with Gasteiger partial charge >= 0.3 is 0 Å². The molecule has 1 heterocycles. The third kappa shape index (κ3) is 5.02. The molecule has 0 aliphatic carbocycles. The summed E-state index contributed by atoms with van der Waals surface area (Å²) in [5.74, 6) is 0.637. The fourth-order valence-electron chi connectivity index (χ4n) is 2.30. The van der Waals surface area contributed by atoms with Crippen LogP contribution >= 0.6 is 0 Å². The number of rotatable bonds is 8. The summed E-state index contributed by atoms with van der Waals surface area (Å²) in [5.41, 5.74) is 1.11. The van der Waals surface area contributed by atoms with Gasteiger partial charge in [-0.05, 0) is 24.6 Å². The SMILES string of the molecule is CC(NC(=O)CN(CCO)Cc1ccccc1)c1ccco1. The van der Waals surface area contributed by atoms with Crippen LogP contribution in [0.1, 0.15) is 24.3 Å². The van der Waals surface area contributed by atoms with Crippen LogP contribution in [0.5, 0.6) is 0 Å². The number of carbonyl (C=O) groups is 1. The van der Waals surface area contributed by atoms with E-state index in [1.807, 2.05) is 48.2 Å². The normalized spacial score (nSPS) is 12.3. The Morgan fingerprint density at radius 3 is 2.68 bits per heavy atom. The van der Waals surface area contributed by atoms with Crippen molar-refractivity contribution < 1.29 is 14.3 Å². The highest BCUT2D eigenvalue weighted by molar-refractivity contribution is 5.78. The molecule has 22 heavy (non-hydrogen) atoms. The largest absolute Gasteiger partial charge is 0.467 e. The molecule has 2 rings (SSSR count). The Balaban J connectivity index is 1.88. The van der Waals surface area contributed by atoms with Crippen LogP contribution in [0.3, 0.4) is 0 Å². The zero-order valence-corrected chi connectivity index (χ0v) is 12.7. The first kappa shape index (κ1) is 16.3. The van der Waals surface area contributed by atoms with Crippen molar-refractivity contribution in [2.45, 2.75) is 19.5 Å². The number of carbonyl (C=O) groups excluding carboxylic acids is 1. The lowest BCUT2D eigenvalue weighted by atomic mass is 10.2. The standard InChI is InChI=1S/C17H22N2O3/c1-14(16-8-5-11-22-16)18-17(21)13-19(9-10-20)12-15-6-3-2-4-7-15/h2-8,11,14,20H,9-10,12-13H2,1H3,(H,18,21). The molecule has 2 N–H and O–H groups in total. The summed E-state index contributed by atoms with van der Waals surface area (Å²) in [6.07, 6.45) is 1.59. The van der Waals surface area contributed by atoms with E-state index in [-0.39, 0.29) is 25.1 Å². The van der Waals surface area contributed by atoms with Gasteiger partial charge in [0.05, 0.1) is 25.5 Å². The summed E-state index contributed by atoms with van der Waals surface area (Å²) in [7, 11) is 0. The third-order valence-electron chi connectivity index (χ3n) is 3.38. The average Bonchev–Trinajstić information content (AvgIpc) is 3.02. The lowest BCUT2D eigenvalue weighted by Crippen LogP contribution is -2.39. The van der Waals surface area contributed by atoms with Gasteiger partial charge in [0.2, 0.25) is 5.91 Å². The van der Waals surface area contributed by atoms with Crippen molar-refractivity contribution in [3.8, 4) is 0 Å². The van der Waals surface area contributed by atoms with Gasteiger partial charge in [-0.2, -0.15) is 0 Å². The van der Waals surface area contributed by atoms with Crippen molar-refractivity contribution in [2.24, 2.45) is 0 Å². The van der Waals surface area contributed by atoms with Crippen LogP contribution in [-0.4, -0.2) is 35.6 Å². The van der Waals surface area contributed by atoms with Crippen LogP contribution in [0.4, 0.5) is 0 Å². The second-order valence-electron chi connectivity index (χ2n) is 5.22. The van der Waals surface area contributed by atoms with Gasteiger partial charge in [0, 0.05) is 13.1 Å². The minimum atomic E-state index is -0.171. The first-order valence-electron chi connectivity index (χ1n) is 7.39. The fraction of sp³-hybridized carbons (Fsp3) is 0.353. The highest BCUT2D eigenvalue weighted by Gasteiger charge is 2.15. The van der Waals surface area contributed by atoms with Gasteiger partial charge in [-0.25, -0.2) is 0 Å². The van der Waals surface area contributed by atoms with Gasteiger partial charge in [-0.3, -0.25) is 9.69 Å². The van der Waals surface area contributed by atoms with E-state index >= 15 is 0 Å². The lowest BCUT2D eigenvalue weighted by Gasteiger charge is -2.22. The Hall–Kier alpha value is -2.11. The van der Waals surface area contributed by atoms with Crippen molar-refractivity contribution in [1.82, 2.24) is 10.2 Å². The van der Waals surface area contributed by atoms with E-state index in [0.717, 1.165) is 11.3 Å². The average molecular weight is 302 g/mol. The van der Waals surface area contributed by atoms with E-state index in [1.54, 1.807) is 12.3 Å². The van der Waals surface area contributed by atoms with Crippen LogP contribution in [0.25, 0.3) is 0 Å². The van der Waals surface area contributed by atoms with E-state index in [1.165, 1.54) is 0 Å². The van der Waals surface area contributed by atoms with Crippen LogP contribution in [0.2, 0.25) is 0 Å². The second-order valence-corrected chi connectivity index (χ2v) is 5.22. The number of nitrogens with one attached hydrogen (secondary N) is 1. The lowest BCUT2D eigenvalue weighted by molar-refractivity contribution is -0.123. The van der Waals surface area contributed by atoms with Crippen LogP contribution in [-0.2, 0) is 11.3 Å². The molecule has 0 aliphatic heterocycles. The maximum atomic E-state index is 12.1. The molecule has 118 valence electrons. The Kier molecular flexibility index (Phi) is 6.18. The molecule has 0 aliphatic rings. The molecule has 0 saturated heterocycles. The summed E-state index contributed by atoms with van der Waals surface area (Å²) >= 11 is 0. The van der Waals surface area contributed by atoms with E-state index in [9.17, 15) is 9.90 Å². The number of amides is 1. The minimum absolute atomic E-state index is 0.0217. The zero-order chi connectivity index (χ0) is 15.8. The van der Waals surface area contributed by atoms with Crippen molar-refractivity contribution in [3.05, 3.63) is 60.1 Å². The number of furan rings is 1. The summed E-state index contributed by atoms with van der Waals surface area (Å²) in [6.45, 7) is 3.22. The van der Waals surface area contributed by atoms with Crippen molar-refractivity contribution in [1.29, 1.82) is 0 Å². The predicted octanol–water partition coefficient (Wildman–Crippen LogP) is 1.95.